The van der Waals surface area contributed by atoms with Crippen molar-refractivity contribution < 1.29 is 26.8 Å². The highest BCUT2D eigenvalue weighted by atomic mass is 32.1. The van der Waals surface area contributed by atoms with Gasteiger partial charge in [0.15, 0.2) is 18.7 Å². The van der Waals surface area contributed by atoms with Gasteiger partial charge in [-0.25, -0.2) is 34.9 Å². The molecule has 26 heteroatoms. The van der Waals surface area contributed by atoms with E-state index in [2.05, 4.69) is 98.3 Å². The molecule has 0 bridgehead atoms. The molecule has 0 radical (unpaired) electrons. The number of hydrogen-bond acceptors (Lipinski definition) is 23. The van der Waals surface area contributed by atoms with Crippen LogP contribution >= 0.6 is 34.0 Å². The zero-order valence-corrected chi connectivity index (χ0v) is 74.6. The van der Waals surface area contributed by atoms with Gasteiger partial charge in [0.05, 0.1) is 71.4 Å². The Hall–Kier alpha value is -8.88. The van der Waals surface area contributed by atoms with Crippen molar-refractivity contribution >= 4 is 46.1 Å². The van der Waals surface area contributed by atoms with Crippen molar-refractivity contribution in [2.24, 2.45) is 17.0 Å². The Bertz CT molecular complexity index is 2300. The van der Waals surface area contributed by atoms with Gasteiger partial charge in [0.25, 0.3) is 0 Å². The molecule has 1 aliphatic heterocycles. The predicted octanol–water partition coefficient (Wildman–Crippen LogP) is 25.9. The van der Waals surface area contributed by atoms with E-state index >= 15 is 0 Å². The Kier molecular flexibility index (Phi) is 145. The molecule has 104 heavy (non-hydrogen) atoms. The maximum Gasteiger partial charge on any atom is 0.190 e. The number of H-pyrrole nitrogens is 2. The monoisotopic (exact) mass is 1510 g/mol. The lowest BCUT2D eigenvalue weighted by Gasteiger charge is -1.76. The lowest BCUT2D eigenvalue weighted by molar-refractivity contribution is 0.397. The lowest BCUT2D eigenvalue weighted by Crippen LogP contribution is -1.87. The second-order valence-corrected chi connectivity index (χ2v) is 17.9. The molecule has 2 N–H and O–H groups in total. The van der Waals surface area contributed by atoms with Crippen molar-refractivity contribution in [3.05, 3.63) is 214 Å². The van der Waals surface area contributed by atoms with Crippen LogP contribution in [0.3, 0.4) is 0 Å². The van der Waals surface area contributed by atoms with Crippen LogP contribution in [0.5, 0.6) is 0 Å². The standard InChI is InChI=1S/4C4H6N2.6C4H5NO.3C4H5NS.13C2H6/c2*1-4-2-5-3-6-4;1-6-3-2-5-4-6;1-4-5-2-3-6-4;1-4-2-6-3-5-4;1-4-2-5-3-6-4;1-4-2-5-6-3-4;1-4-5-2-3-6-4;1-4-2-3-6-5-4;1-4-2-3-5-6-4;1-4-2-6-3-5-4;1-4-2-5-3-6-4;1-4-5-2-3-6-4;13*1-2/h3H,2H2,1H3;2-3H,1H3,(H,5,6);2-4H,1H3;2-3H,1H3,(H,5,6);9*2-3H,1H3;13*1-2H3. The molecule has 13 rings (SSSR count). The average Bonchev–Trinajstić information content (AvgIpc) is 4.52. The molecule has 598 valence electrons. The molecule has 0 aliphatic carbocycles. The molecule has 12 aromatic rings. The number of oxazole rings is 3. The van der Waals surface area contributed by atoms with E-state index in [1.807, 2.05) is 302 Å². The highest BCUT2D eigenvalue weighted by Crippen LogP contribution is 2.00. The summed E-state index contributed by atoms with van der Waals surface area (Å²) in [6, 6.07) is 3.61. The highest BCUT2D eigenvalue weighted by molar-refractivity contribution is 7.09. The SMILES string of the molecule is CC.CC.CC.CC.CC.CC.CC.CC.CC.CC.CC.CC.CC.CC1=NC=NC1.Cc1ccno1.Cc1ccon1.Cc1cnc[nH]1.Cc1cnco1.Cc1cncs1.Cc1cnoc1.Cc1cocn1.Cc1cscn1.Cc1ncc[nH]1.Cc1ncco1.Cc1nccs1.Cn1ccnc1. The second-order valence-electron chi connectivity index (χ2n) is 15.0. The van der Waals surface area contributed by atoms with E-state index in [1.54, 1.807) is 153 Å². The van der Waals surface area contributed by atoms with Gasteiger partial charge >= 0.3 is 0 Å². The summed E-state index contributed by atoms with van der Waals surface area (Å²) in [5.74, 6) is 3.40. The molecule has 0 aromatic carbocycles. The summed E-state index contributed by atoms with van der Waals surface area (Å²) < 4.78 is 29.4. The quantitative estimate of drug-likeness (QED) is 0.143. The fourth-order valence-corrected chi connectivity index (χ4v) is 5.25. The second kappa shape index (κ2) is 121. The first-order valence-electron chi connectivity index (χ1n) is 36.2. The van der Waals surface area contributed by atoms with Gasteiger partial charge in [0.1, 0.15) is 48.7 Å². The van der Waals surface area contributed by atoms with E-state index in [1.165, 1.54) is 17.7 Å². The number of aromatic nitrogens is 15. The smallest absolute Gasteiger partial charge is 0.190 e. The molecular weight excluding hydrogens is 1370 g/mol. The molecule has 0 saturated heterocycles. The highest BCUT2D eigenvalue weighted by Gasteiger charge is 1.89. The number of thiazole rings is 3. The van der Waals surface area contributed by atoms with Crippen LogP contribution in [0, 0.1) is 76.2 Å². The molecule has 0 saturated carbocycles. The van der Waals surface area contributed by atoms with Gasteiger partial charge in [0, 0.05) is 108 Å². The fraction of sp³-hybridized carbons (Fsp3) is 0.513. The number of rotatable bonds is 0. The molecule has 0 fully saturated rings. The summed E-state index contributed by atoms with van der Waals surface area (Å²) in [7, 11) is 1.94. The molecule has 13 heterocycles. The van der Waals surface area contributed by atoms with Crippen molar-refractivity contribution in [3.63, 3.8) is 0 Å². The van der Waals surface area contributed by atoms with Gasteiger partial charge in [-0.05, 0) is 76.2 Å². The topological polar surface area (TPSA) is 295 Å². The first-order valence-corrected chi connectivity index (χ1v) is 38.9. The Morgan fingerprint density at radius 1 is 0.481 bits per heavy atom. The molecule has 0 atom stereocenters. The number of aliphatic imine (C=N–C) groups is 2. The van der Waals surface area contributed by atoms with Crippen molar-refractivity contribution in [2.45, 2.75) is 263 Å². The molecule has 12 aromatic heterocycles. The van der Waals surface area contributed by atoms with Gasteiger partial charge in [-0.3, -0.25) is 19.9 Å². The lowest BCUT2D eigenvalue weighted by atomic mass is 10.4. The Morgan fingerprint density at radius 2 is 1.11 bits per heavy atom. The van der Waals surface area contributed by atoms with Crippen LogP contribution < -0.4 is 0 Å². The van der Waals surface area contributed by atoms with E-state index in [-0.39, 0.29) is 0 Å². The van der Waals surface area contributed by atoms with Crippen molar-refractivity contribution in [1.29, 1.82) is 0 Å². The first-order chi connectivity index (χ1) is 50.6. The third-order valence-electron chi connectivity index (χ3n) is 7.61. The summed E-state index contributed by atoms with van der Waals surface area (Å²) in [5.41, 5.74) is 9.90. The summed E-state index contributed by atoms with van der Waals surface area (Å²) in [6.07, 6.45) is 33.3. The first kappa shape index (κ1) is 125. The zero-order valence-electron chi connectivity index (χ0n) is 72.1. The zero-order chi connectivity index (χ0) is 83.3. The van der Waals surface area contributed by atoms with Gasteiger partial charge in [0.2, 0.25) is 0 Å². The summed E-state index contributed by atoms with van der Waals surface area (Å²) >= 11 is 4.96. The van der Waals surface area contributed by atoms with Crippen molar-refractivity contribution in [1.82, 2.24) is 74.9 Å². The number of nitrogens with zero attached hydrogens (tertiary/aromatic N) is 15. The maximum absolute atomic E-state index is 4.72. The van der Waals surface area contributed by atoms with E-state index < -0.39 is 0 Å². The van der Waals surface area contributed by atoms with Crippen LogP contribution in [0.15, 0.2) is 189 Å². The Labute approximate surface area is 644 Å². The molecule has 0 amide bonds. The fourth-order valence-electron chi connectivity index (χ4n) is 3.85. The number of aromatic amines is 2. The number of aryl methyl sites for hydroxylation is 12. The summed E-state index contributed by atoms with van der Waals surface area (Å²) in [4.78, 5) is 49.0. The van der Waals surface area contributed by atoms with Crippen LogP contribution in [-0.4, -0.2) is 93.5 Å². The minimum Gasteiger partial charge on any atom is -0.452 e. The molecule has 0 spiro atoms. The van der Waals surface area contributed by atoms with Crippen LogP contribution in [-0.2, 0) is 7.05 Å². The maximum atomic E-state index is 4.72. The van der Waals surface area contributed by atoms with Gasteiger partial charge < -0.3 is 41.4 Å². The minimum atomic E-state index is 0.718. The Balaban J connectivity index is -0.0000000764. The van der Waals surface area contributed by atoms with Crippen LogP contribution in [0.1, 0.15) is 248 Å². The third-order valence-corrected chi connectivity index (χ3v) is 9.72. The third kappa shape index (κ3) is 117. The van der Waals surface area contributed by atoms with Crippen LogP contribution in [0.25, 0.3) is 0 Å². The van der Waals surface area contributed by atoms with Crippen LogP contribution in [0.2, 0.25) is 0 Å². The minimum absolute atomic E-state index is 0.718. The molecule has 0 unspecified atom stereocenters. The predicted molar refractivity (Wildman–Crippen MR) is 452 cm³/mol. The number of nitrogens with one attached hydrogen (secondary N) is 2. The van der Waals surface area contributed by atoms with E-state index in [0.717, 1.165) is 68.8 Å². The largest absolute Gasteiger partial charge is 0.452 e. The number of imidazole rings is 3. The average molecular weight is 1520 g/mol. The van der Waals surface area contributed by atoms with Crippen molar-refractivity contribution in [2.75, 3.05) is 6.54 Å². The summed E-state index contributed by atoms with van der Waals surface area (Å²) in [6.45, 7) is 75.9. The molecule has 1 aliphatic rings. The molecule has 23 nitrogen and oxygen atoms in total. The van der Waals surface area contributed by atoms with Crippen LogP contribution in [0.4, 0.5) is 0 Å². The van der Waals surface area contributed by atoms with Gasteiger partial charge in [-0.15, -0.1) is 34.0 Å². The number of hydrogen-bond donors (Lipinski definition) is 2. The Morgan fingerprint density at radius 3 is 1.23 bits per heavy atom. The van der Waals surface area contributed by atoms with Crippen molar-refractivity contribution in [3.8, 4) is 0 Å². The van der Waals surface area contributed by atoms with Gasteiger partial charge in [-0.2, -0.15) is 0 Å². The van der Waals surface area contributed by atoms with E-state index in [9.17, 15) is 0 Å². The normalized spacial score (nSPS) is 7.93. The van der Waals surface area contributed by atoms with E-state index in [4.69, 9.17) is 8.83 Å². The summed E-state index contributed by atoms with van der Waals surface area (Å²) in [5, 5.41) is 15.6. The van der Waals surface area contributed by atoms with Gasteiger partial charge in [-0.1, -0.05) is 195 Å². The van der Waals surface area contributed by atoms with E-state index in [0.29, 0.717) is 0 Å². The molecular formula is C78H147N17O6S3.